The Labute approximate surface area is 349 Å². The second-order valence-corrected chi connectivity index (χ2v) is 17.7. The van der Waals surface area contributed by atoms with Crippen LogP contribution in [0.2, 0.25) is 0 Å². The molecule has 0 spiro atoms. The molecular formula is C42H86FN3O12. The molecule has 0 bridgehead atoms. The minimum absolute atomic E-state index is 0.00829. The molecule has 16 heteroatoms. The minimum atomic E-state index is -1.50. The Morgan fingerprint density at radius 3 is 1.50 bits per heavy atom. The molecule has 1 aliphatic rings. The van der Waals surface area contributed by atoms with Crippen LogP contribution in [0.25, 0.3) is 0 Å². The van der Waals surface area contributed by atoms with E-state index in [1.165, 1.54) is 6.92 Å². The molecule has 0 aromatic rings. The second kappa shape index (κ2) is 28.1. The van der Waals surface area contributed by atoms with Gasteiger partial charge >= 0.3 is 0 Å². The quantitative estimate of drug-likeness (QED) is 0.0397. The molecule has 1 aliphatic carbocycles. The molecule has 11 unspecified atom stereocenters. The number of aliphatic hydroxyl groups is 3. The van der Waals surface area contributed by atoms with Crippen LogP contribution in [0, 0.1) is 11.8 Å². The standard InChI is InChI=1S/C42H86FN3O12/c1-11-35(57-29-40(8,44)31(5)6)13-16-51-22-32(47)25-54-36-19-37(21-38(20-36)56-27-34(49)24-53-18-15-42(46,12-2)50-10)55-26-33(48)23-52-17-14-41(9,45)58-28-39(7,43)30(3)4/h30-38,47-49H,11-29,44-46H2,1-10H3. The number of alkyl halides is 1. The molecule has 0 radical (unpaired) electrons. The molecule has 1 fully saturated rings. The number of rotatable bonds is 35. The predicted octanol–water partition coefficient (Wildman–Crippen LogP) is 3.58. The Balaban J connectivity index is 2.64. The summed E-state index contributed by atoms with van der Waals surface area (Å²) >= 11 is 0. The Kier molecular flexibility index (Phi) is 26.8. The van der Waals surface area contributed by atoms with E-state index in [2.05, 4.69) is 20.8 Å². The average molecular weight is 844 g/mol. The highest BCUT2D eigenvalue weighted by Gasteiger charge is 2.34. The van der Waals surface area contributed by atoms with Gasteiger partial charge < -0.3 is 75.2 Å². The van der Waals surface area contributed by atoms with Gasteiger partial charge in [0, 0.05) is 32.1 Å². The third-order valence-corrected chi connectivity index (χ3v) is 11.4. The first-order chi connectivity index (χ1) is 27.1. The van der Waals surface area contributed by atoms with E-state index in [1.807, 2.05) is 13.8 Å². The summed E-state index contributed by atoms with van der Waals surface area (Å²) in [5, 5.41) is 31.9. The molecule has 58 heavy (non-hydrogen) atoms. The maximum Gasteiger partial charge on any atom is 0.133 e. The van der Waals surface area contributed by atoms with Crippen molar-refractivity contribution in [2.24, 2.45) is 29.0 Å². The summed E-state index contributed by atoms with van der Waals surface area (Å²) in [6, 6.07) is 0. The van der Waals surface area contributed by atoms with Crippen LogP contribution in [0.1, 0.15) is 114 Å². The monoisotopic (exact) mass is 844 g/mol. The van der Waals surface area contributed by atoms with Crippen molar-refractivity contribution >= 4 is 0 Å². The highest BCUT2D eigenvalue weighted by molar-refractivity contribution is 4.84. The molecular weight excluding hydrogens is 757 g/mol. The normalized spacial score (nSPS) is 24.2. The molecule has 0 saturated heterocycles. The molecule has 0 amide bonds. The van der Waals surface area contributed by atoms with E-state index in [0.29, 0.717) is 64.8 Å². The van der Waals surface area contributed by atoms with Crippen LogP contribution in [-0.2, 0) is 42.6 Å². The van der Waals surface area contributed by atoms with Crippen LogP contribution < -0.4 is 17.2 Å². The van der Waals surface area contributed by atoms with Gasteiger partial charge in [-0.3, -0.25) is 0 Å². The maximum atomic E-state index is 14.6. The fourth-order valence-corrected chi connectivity index (χ4v) is 5.69. The first kappa shape index (κ1) is 55.3. The molecule has 348 valence electrons. The van der Waals surface area contributed by atoms with Gasteiger partial charge in [0.15, 0.2) is 0 Å². The van der Waals surface area contributed by atoms with Gasteiger partial charge in [-0.2, -0.15) is 0 Å². The summed E-state index contributed by atoms with van der Waals surface area (Å²) in [4.78, 5) is 0. The van der Waals surface area contributed by atoms with Crippen LogP contribution >= 0.6 is 0 Å². The lowest BCUT2D eigenvalue weighted by atomic mass is 9.91. The van der Waals surface area contributed by atoms with Gasteiger partial charge in [-0.25, -0.2) is 4.39 Å². The molecule has 15 nitrogen and oxygen atoms in total. The fourth-order valence-electron chi connectivity index (χ4n) is 5.69. The first-order valence-electron chi connectivity index (χ1n) is 21.5. The third kappa shape index (κ3) is 24.1. The van der Waals surface area contributed by atoms with Crippen molar-refractivity contribution in [1.82, 2.24) is 0 Å². The number of hydrogen-bond donors (Lipinski definition) is 6. The van der Waals surface area contributed by atoms with Crippen molar-refractivity contribution in [3.05, 3.63) is 0 Å². The summed E-state index contributed by atoms with van der Waals surface area (Å²) in [5.41, 5.74) is 14.9. The summed E-state index contributed by atoms with van der Waals surface area (Å²) < 4.78 is 67.1. The van der Waals surface area contributed by atoms with Gasteiger partial charge in [-0.15, -0.1) is 0 Å². The largest absolute Gasteiger partial charge is 0.388 e. The zero-order valence-corrected chi connectivity index (χ0v) is 37.8. The van der Waals surface area contributed by atoms with Crippen LogP contribution in [0.4, 0.5) is 4.39 Å². The van der Waals surface area contributed by atoms with Crippen LogP contribution in [0.15, 0.2) is 0 Å². The van der Waals surface area contributed by atoms with E-state index in [-0.39, 0.29) is 89.1 Å². The van der Waals surface area contributed by atoms with Crippen LogP contribution in [0.3, 0.4) is 0 Å². The van der Waals surface area contributed by atoms with E-state index in [0.717, 1.165) is 6.42 Å². The molecule has 0 heterocycles. The van der Waals surface area contributed by atoms with E-state index in [1.54, 1.807) is 27.9 Å². The zero-order chi connectivity index (χ0) is 44.0. The molecule has 0 aromatic heterocycles. The van der Waals surface area contributed by atoms with Crippen molar-refractivity contribution in [1.29, 1.82) is 0 Å². The summed E-state index contributed by atoms with van der Waals surface area (Å²) in [7, 11) is 1.56. The molecule has 1 rings (SSSR count). The van der Waals surface area contributed by atoms with Crippen molar-refractivity contribution in [2.45, 2.75) is 179 Å². The van der Waals surface area contributed by atoms with Gasteiger partial charge in [0.2, 0.25) is 0 Å². The highest BCUT2D eigenvalue weighted by atomic mass is 19.1. The molecule has 0 aliphatic heterocycles. The van der Waals surface area contributed by atoms with Crippen LogP contribution in [-0.4, -0.2) is 160 Å². The predicted molar refractivity (Wildman–Crippen MR) is 222 cm³/mol. The Morgan fingerprint density at radius 1 is 0.655 bits per heavy atom. The highest BCUT2D eigenvalue weighted by Crippen LogP contribution is 2.28. The van der Waals surface area contributed by atoms with Gasteiger partial charge in [0.25, 0.3) is 0 Å². The third-order valence-electron chi connectivity index (χ3n) is 11.4. The number of aliphatic hydroxyl groups excluding tert-OH is 3. The Hall–Kier alpha value is -0.670. The number of halogens is 1. The van der Waals surface area contributed by atoms with Gasteiger partial charge in [-0.1, -0.05) is 41.5 Å². The number of nitrogens with two attached hydrogens (primary N) is 3. The average Bonchev–Trinajstić information content (AvgIpc) is 3.17. The maximum absolute atomic E-state index is 14.6. The van der Waals surface area contributed by atoms with Gasteiger partial charge in [0.05, 0.1) is 90.5 Å². The SMILES string of the molecule is CCC(CCOCC(O)COC1CC(OCC(O)COCCC(C)(N)OCC(C)(F)C(C)C)CC(OCC(O)COCCC(N)(CC)OC)C1)OCC(C)(N)C(C)C. The number of methoxy groups -OCH3 is 1. The lowest BCUT2D eigenvalue weighted by Crippen LogP contribution is -2.47. The van der Waals surface area contributed by atoms with Crippen molar-refractivity contribution in [3.63, 3.8) is 0 Å². The van der Waals surface area contributed by atoms with Crippen molar-refractivity contribution in [2.75, 3.05) is 79.8 Å². The lowest BCUT2D eigenvalue weighted by Gasteiger charge is -2.35. The van der Waals surface area contributed by atoms with Crippen molar-refractivity contribution < 1.29 is 62.3 Å². The topological polar surface area (TPSA) is 222 Å². The Morgan fingerprint density at radius 2 is 1.10 bits per heavy atom. The molecule has 0 aromatic carbocycles. The molecule has 9 N–H and O–H groups in total. The smallest absolute Gasteiger partial charge is 0.133 e. The summed E-state index contributed by atoms with van der Waals surface area (Å²) in [6.07, 6.45) is 0.951. The molecule has 1 saturated carbocycles. The minimum Gasteiger partial charge on any atom is -0.388 e. The fraction of sp³-hybridized carbons (Fsp3) is 1.00. The molecule has 11 atom stereocenters. The number of ether oxygens (including phenoxy) is 9. The van der Waals surface area contributed by atoms with Gasteiger partial charge in [0.1, 0.15) is 35.4 Å². The van der Waals surface area contributed by atoms with E-state index in [4.69, 9.17) is 59.8 Å². The lowest BCUT2D eigenvalue weighted by molar-refractivity contribution is -0.137. The Bertz CT molecular complexity index is 1040. The zero-order valence-electron chi connectivity index (χ0n) is 37.8. The number of hydrogen-bond acceptors (Lipinski definition) is 15. The van der Waals surface area contributed by atoms with Gasteiger partial charge in [-0.05, 0) is 71.1 Å². The summed E-state index contributed by atoms with van der Waals surface area (Å²) in [6.45, 7) is 18.5. The van der Waals surface area contributed by atoms with Crippen LogP contribution in [0.5, 0.6) is 0 Å². The van der Waals surface area contributed by atoms with E-state index in [9.17, 15) is 19.7 Å². The second-order valence-electron chi connectivity index (χ2n) is 17.7. The summed E-state index contributed by atoms with van der Waals surface area (Å²) in [5.74, 6) is 0.0701. The van der Waals surface area contributed by atoms with E-state index < -0.39 is 41.0 Å². The van der Waals surface area contributed by atoms with E-state index >= 15 is 0 Å². The first-order valence-corrected chi connectivity index (χ1v) is 21.5. The van der Waals surface area contributed by atoms with Crippen molar-refractivity contribution in [3.8, 4) is 0 Å².